The number of hydrogen-bond donors (Lipinski definition) is 0. The predicted molar refractivity (Wildman–Crippen MR) is 110 cm³/mol. The fourth-order valence-electron chi connectivity index (χ4n) is 3.45. The topological polar surface area (TPSA) is 41.5 Å². The summed E-state index contributed by atoms with van der Waals surface area (Å²) < 4.78 is 5.91. The molecule has 0 saturated carbocycles. The van der Waals surface area contributed by atoms with Crippen LogP contribution in [0.4, 0.5) is 11.6 Å². The summed E-state index contributed by atoms with van der Waals surface area (Å²) in [4.78, 5) is 13.4. The van der Waals surface area contributed by atoms with Crippen molar-refractivity contribution in [2.75, 3.05) is 42.6 Å². The Labute approximate surface area is 160 Å². The molecule has 4 rings (SSSR count). The molecule has 0 amide bonds. The third-order valence-electron chi connectivity index (χ3n) is 4.82. The average molecular weight is 360 g/mol. The zero-order valence-corrected chi connectivity index (χ0v) is 15.6. The quantitative estimate of drug-likeness (QED) is 0.691. The van der Waals surface area contributed by atoms with Gasteiger partial charge in [-0.15, -0.1) is 0 Å². The first kappa shape index (κ1) is 17.3. The van der Waals surface area contributed by atoms with Crippen LogP contribution in [-0.4, -0.2) is 42.8 Å². The fourth-order valence-corrected chi connectivity index (χ4v) is 3.45. The van der Waals surface area contributed by atoms with Crippen molar-refractivity contribution in [3.63, 3.8) is 0 Å². The highest BCUT2D eigenvalue weighted by Crippen LogP contribution is 2.34. The summed E-state index contributed by atoms with van der Waals surface area (Å²) >= 11 is 0. The second-order valence-electron chi connectivity index (χ2n) is 6.50. The SMILES string of the molecule is CCOc1ccc(-c2ccccc2)cc1N1CCN(c2ncccn2)CC1. The lowest BCUT2D eigenvalue weighted by atomic mass is 10.0. The Hall–Kier alpha value is -3.08. The Morgan fingerprint density at radius 1 is 0.815 bits per heavy atom. The lowest BCUT2D eigenvalue weighted by molar-refractivity contribution is 0.340. The second kappa shape index (κ2) is 8.08. The van der Waals surface area contributed by atoms with Gasteiger partial charge in [-0.25, -0.2) is 9.97 Å². The summed E-state index contributed by atoms with van der Waals surface area (Å²) in [7, 11) is 0. The van der Waals surface area contributed by atoms with Gasteiger partial charge in [-0.1, -0.05) is 36.4 Å². The van der Waals surface area contributed by atoms with Gasteiger partial charge in [-0.2, -0.15) is 0 Å². The van der Waals surface area contributed by atoms with E-state index in [1.165, 1.54) is 11.1 Å². The van der Waals surface area contributed by atoms with Gasteiger partial charge in [0.25, 0.3) is 0 Å². The molecule has 3 aromatic rings. The summed E-state index contributed by atoms with van der Waals surface area (Å²) in [5.41, 5.74) is 3.59. The maximum atomic E-state index is 5.91. The van der Waals surface area contributed by atoms with Gasteiger partial charge in [0.2, 0.25) is 5.95 Å². The van der Waals surface area contributed by atoms with Crippen LogP contribution >= 0.6 is 0 Å². The molecule has 0 atom stereocenters. The number of piperazine rings is 1. The smallest absolute Gasteiger partial charge is 0.225 e. The van der Waals surface area contributed by atoms with Crippen molar-refractivity contribution in [1.82, 2.24) is 9.97 Å². The third-order valence-corrected chi connectivity index (χ3v) is 4.82. The fraction of sp³-hybridized carbons (Fsp3) is 0.273. The van der Waals surface area contributed by atoms with Crippen LogP contribution in [0, 0.1) is 0 Å². The molecule has 27 heavy (non-hydrogen) atoms. The molecule has 1 saturated heterocycles. The number of aromatic nitrogens is 2. The van der Waals surface area contributed by atoms with Crippen LogP contribution in [0.5, 0.6) is 5.75 Å². The Morgan fingerprint density at radius 2 is 1.52 bits per heavy atom. The minimum absolute atomic E-state index is 0.662. The first-order valence-electron chi connectivity index (χ1n) is 9.44. The van der Waals surface area contributed by atoms with Crippen molar-refractivity contribution in [2.24, 2.45) is 0 Å². The van der Waals surface area contributed by atoms with Crippen molar-refractivity contribution in [3.05, 3.63) is 67.0 Å². The van der Waals surface area contributed by atoms with Crippen LogP contribution in [0.2, 0.25) is 0 Å². The molecule has 0 spiro atoms. The molecule has 0 radical (unpaired) electrons. The molecule has 0 bridgehead atoms. The summed E-state index contributed by atoms with van der Waals surface area (Å²) in [6.07, 6.45) is 3.59. The highest BCUT2D eigenvalue weighted by molar-refractivity contribution is 5.73. The van der Waals surface area contributed by atoms with Crippen LogP contribution in [0.15, 0.2) is 67.0 Å². The van der Waals surface area contributed by atoms with Crippen molar-refractivity contribution in [2.45, 2.75) is 6.92 Å². The van der Waals surface area contributed by atoms with E-state index in [1.54, 1.807) is 12.4 Å². The summed E-state index contributed by atoms with van der Waals surface area (Å²) in [6.45, 7) is 6.30. The van der Waals surface area contributed by atoms with E-state index in [9.17, 15) is 0 Å². The molecular weight excluding hydrogens is 336 g/mol. The van der Waals surface area contributed by atoms with E-state index in [0.29, 0.717) is 6.61 Å². The van der Waals surface area contributed by atoms with Gasteiger partial charge in [0.05, 0.1) is 12.3 Å². The molecule has 0 unspecified atom stereocenters. The van der Waals surface area contributed by atoms with Gasteiger partial charge >= 0.3 is 0 Å². The van der Waals surface area contributed by atoms with E-state index in [-0.39, 0.29) is 0 Å². The number of nitrogens with zero attached hydrogens (tertiary/aromatic N) is 4. The van der Waals surface area contributed by atoms with Crippen LogP contribution in [0.25, 0.3) is 11.1 Å². The maximum absolute atomic E-state index is 5.91. The number of rotatable bonds is 5. The molecule has 1 fully saturated rings. The Bertz CT molecular complexity index is 862. The largest absolute Gasteiger partial charge is 0.492 e. The molecule has 2 aromatic carbocycles. The summed E-state index contributed by atoms with van der Waals surface area (Å²) in [6, 6.07) is 18.8. The highest BCUT2D eigenvalue weighted by Gasteiger charge is 2.21. The zero-order chi connectivity index (χ0) is 18.5. The maximum Gasteiger partial charge on any atom is 0.225 e. The zero-order valence-electron chi connectivity index (χ0n) is 15.6. The van der Waals surface area contributed by atoms with Gasteiger partial charge in [-0.3, -0.25) is 0 Å². The van der Waals surface area contributed by atoms with Gasteiger partial charge in [-0.05, 0) is 36.2 Å². The van der Waals surface area contributed by atoms with E-state index in [1.807, 2.05) is 19.1 Å². The number of ether oxygens (including phenoxy) is 1. The first-order chi connectivity index (χ1) is 13.3. The van der Waals surface area contributed by atoms with Gasteiger partial charge in [0, 0.05) is 38.6 Å². The van der Waals surface area contributed by atoms with Crippen LogP contribution in [0.1, 0.15) is 6.92 Å². The molecule has 1 aromatic heterocycles. The first-order valence-corrected chi connectivity index (χ1v) is 9.44. The molecule has 1 aliphatic heterocycles. The molecule has 1 aliphatic rings. The van der Waals surface area contributed by atoms with Crippen molar-refractivity contribution >= 4 is 11.6 Å². The average Bonchev–Trinajstić information content (AvgIpc) is 2.76. The highest BCUT2D eigenvalue weighted by atomic mass is 16.5. The molecule has 138 valence electrons. The lowest BCUT2D eigenvalue weighted by Crippen LogP contribution is -2.47. The third kappa shape index (κ3) is 3.87. The van der Waals surface area contributed by atoms with E-state index in [0.717, 1.165) is 43.6 Å². The lowest BCUT2D eigenvalue weighted by Gasteiger charge is -2.36. The van der Waals surface area contributed by atoms with Gasteiger partial charge in [0.1, 0.15) is 5.75 Å². The Balaban J connectivity index is 1.57. The Kier molecular flexibility index (Phi) is 5.19. The van der Waals surface area contributed by atoms with E-state index < -0.39 is 0 Å². The normalized spacial score (nSPS) is 14.3. The van der Waals surface area contributed by atoms with Gasteiger partial charge < -0.3 is 14.5 Å². The van der Waals surface area contributed by atoms with Crippen molar-refractivity contribution in [1.29, 1.82) is 0 Å². The molecule has 0 aliphatic carbocycles. The van der Waals surface area contributed by atoms with E-state index in [4.69, 9.17) is 4.74 Å². The van der Waals surface area contributed by atoms with Crippen LogP contribution in [0.3, 0.4) is 0 Å². The predicted octanol–water partition coefficient (Wildman–Crippen LogP) is 3.87. The van der Waals surface area contributed by atoms with Crippen molar-refractivity contribution in [3.8, 4) is 16.9 Å². The summed E-state index contributed by atoms with van der Waals surface area (Å²) in [5.74, 6) is 1.75. The molecule has 5 nitrogen and oxygen atoms in total. The minimum atomic E-state index is 0.662. The number of hydrogen-bond acceptors (Lipinski definition) is 5. The van der Waals surface area contributed by atoms with Crippen LogP contribution < -0.4 is 14.5 Å². The molecule has 5 heteroatoms. The number of benzene rings is 2. The molecule has 0 N–H and O–H groups in total. The molecule has 2 heterocycles. The van der Waals surface area contributed by atoms with Gasteiger partial charge in [0.15, 0.2) is 0 Å². The summed E-state index contributed by atoms with van der Waals surface area (Å²) in [5, 5.41) is 0. The number of anilines is 2. The van der Waals surface area contributed by atoms with E-state index in [2.05, 4.69) is 62.2 Å². The standard InChI is InChI=1S/C22H24N4O/c1-2-27-21-10-9-19(18-7-4-3-5-8-18)17-20(21)25-13-15-26(16-14-25)22-23-11-6-12-24-22/h3-12,17H,2,13-16H2,1H3. The Morgan fingerprint density at radius 3 is 2.22 bits per heavy atom. The minimum Gasteiger partial charge on any atom is -0.492 e. The molecular formula is C22H24N4O. The van der Waals surface area contributed by atoms with Crippen LogP contribution in [-0.2, 0) is 0 Å². The second-order valence-corrected chi connectivity index (χ2v) is 6.50. The van der Waals surface area contributed by atoms with E-state index >= 15 is 0 Å². The monoisotopic (exact) mass is 360 g/mol. The van der Waals surface area contributed by atoms with Crippen molar-refractivity contribution < 1.29 is 4.74 Å².